The van der Waals surface area contributed by atoms with Gasteiger partial charge in [-0.15, -0.1) is 11.3 Å². The molecule has 5 heteroatoms. The van der Waals surface area contributed by atoms with Crippen LogP contribution in [0.25, 0.3) is 0 Å². The molecule has 0 N–H and O–H groups in total. The monoisotopic (exact) mass is 296 g/mol. The fourth-order valence-corrected chi connectivity index (χ4v) is 2.58. The number of halogens is 1. The number of hydrogen-bond donors (Lipinski definition) is 0. The molecule has 3 nitrogen and oxygen atoms in total. The highest BCUT2D eigenvalue weighted by atomic mass is 35.5. The van der Waals surface area contributed by atoms with Crippen molar-refractivity contribution in [2.24, 2.45) is 0 Å². The molecule has 2 rings (SSSR count). The van der Waals surface area contributed by atoms with Gasteiger partial charge in [-0.2, -0.15) is 0 Å². The van der Waals surface area contributed by atoms with Crippen LogP contribution in [0.3, 0.4) is 0 Å². The molecule has 2 aromatic rings. The van der Waals surface area contributed by atoms with Gasteiger partial charge in [-0.1, -0.05) is 23.7 Å². The molecule has 1 aromatic carbocycles. The molecular formula is C14H13ClO3S. The Kier molecular flexibility index (Phi) is 4.96. The third-order valence-corrected chi connectivity index (χ3v) is 3.70. The van der Waals surface area contributed by atoms with Gasteiger partial charge in [0.2, 0.25) is 5.78 Å². The largest absolute Gasteiger partial charge is 0.490 e. The van der Waals surface area contributed by atoms with E-state index in [0.717, 1.165) is 0 Å². The lowest BCUT2D eigenvalue weighted by Crippen LogP contribution is -2.08. The van der Waals surface area contributed by atoms with E-state index in [0.29, 0.717) is 33.7 Å². The molecule has 0 bridgehead atoms. The van der Waals surface area contributed by atoms with Crippen molar-refractivity contribution in [3.8, 4) is 5.75 Å². The fourth-order valence-electron chi connectivity index (χ4n) is 1.58. The van der Waals surface area contributed by atoms with Crippen LogP contribution >= 0.6 is 22.9 Å². The number of carbonyl (C=O) groups is 1. The van der Waals surface area contributed by atoms with Crippen molar-refractivity contribution in [2.45, 2.75) is 0 Å². The summed E-state index contributed by atoms with van der Waals surface area (Å²) >= 11 is 7.12. The highest BCUT2D eigenvalue weighted by Crippen LogP contribution is 2.27. The average molecular weight is 297 g/mol. The molecule has 0 radical (unpaired) electrons. The van der Waals surface area contributed by atoms with E-state index >= 15 is 0 Å². The molecule has 0 aliphatic heterocycles. The molecule has 100 valence electrons. The van der Waals surface area contributed by atoms with E-state index in [4.69, 9.17) is 21.1 Å². The summed E-state index contributed by atoms with van der Waals surface area (Å²) in [4.78, 5) is 13.0. The summed E-state index contributed by atoms with van der Waals surface area (Å²) < 4.78 is 11.1. The van der Waals surface area contributed by atoms with Gasteiger partial charge in [-0.05, 0) is 24.3 Å². The number of ketones is 1. The van der Waals surface area contributed by atoms with E-state index in [1.807, 2.05) is 12.1 Å². The zero-order valence-corrected chi connectivity index (χ0v) is 12.0. The van der Waals surface area contributed by atoms with Crippen LogP contribution in [-0.2, 0) is 4.74 Å². The van der Waals surface area contributed by atoms with Crippen LogP contribution < -0.4 is 4.74 Å². The first-order valence-corrected chi connectivity index (χ1v) is 6.92. The van der Waals surface area contributed by atoms with Crippen molar-refractivity contribution in [2.75, 3.05) is 20.3 Å². The number of thiophene rings is 1. The maximum atomic E-state index is 12.4. The summed E-state index contributed by atoms with van der Waals surface area (Å²) in [5, 5.41) is 0. The highest BCUT2D eigenvalue weighted by molar-refractivity contribution is 7.18. The SMILES string of the molecule is COCCOc1ccccc1C(=O)c1ccc(Cl)s1. The third kappa shape index (κ3) is 3.56. The van der Waals surface area contributed by atoms with Crippen LogP contribution in [0.4, 0.5) is 0 Å². The van der Waals surface area contributed by atoms with E-state index < -0.39 is 0 Å². The Morgan fingerprint density at radius 2 is 2.00 bits per heavy atom. The highest BCUT2D eigenvalue weighted by Gasteiger charge is 2.16. The van der Waals surface area contributed by atoms with Gasteiger partial charge in [0.1, 0.15) is 12.4 Å². The Labute approximate surface area is 120 Å². The first-order valence-electron chi connectivity index (χ1n) is 5.73. The first-order chi connectivity index (χ1) is 9.22. The number of benzene rings is 1. The first kappa shape index (κ1) is 14.1. The molecular weight excluding hydrogens is 284 g/mol. The lowest BCUT2D eigenvalue weighted by Gasteiger charge is -2.09. The second-order valence-electron chi connectivity index (χ2n) is 3.77. The van der Waals surface area contributed by atoms with Crippen LogP contribution in [0.5, 0.6) is 5.75 Å². The number of ether oxygens (including phenoxy) is 2. The van der Waals surface area contributed by atoms with Gasteiger partial charge in [0.05, 0.1) is 21.4 Å². The minimum atomic E-state index is -0.0788. The maximum absolute atomic E-state index is 12.4. The van der Waals surface area contributed by atoms with Gasteiger partial charge < -0.3 is 9.47 Å². The number of rotatable bonds is 6. The average Bonchev–Trinajstić information content (AvgIpc) is 2.85. The van der Waals surface area contributed by atoms with Crippen LogP contribution in [0.1, 0.15) is 15.2 Å². The molecule has 1 aromatic heterocycles. The topological polar surface area (TPSA) is 35.5 Å². The fraction of sp³-hybridized carbons (Fsp3) is 0.214. The maximum Gasteiger partial charge on any atom is 0.206 e. The standard InChI is InChI=1S/C14H13ClO3S/c1-17-8-9-18-11-5-3-2-4-10(11)14(16)12-6-7-13(15)19-12/h2-7H,8-9H2,1H3. The minimum absolute atomic E-state index is 0.0788. The number of hydrogen-bond acceptors (Lipinski definition) is 4. The summed E-state index contributed by atoms with van der Waals surface area (Å²) in [6.07, 6.45) is 0. The second-order valence-corrected chi connectivity index (χ2v) is 5.49. The van der Waals surface area contributed by atoms with E-state index in [2.05, 4.69) is 0 Å². The molecule has 1 heterocycles. The van der Waals surface area contributed by atoms with Crippen LogP contribution in [-0.4, -0.2) is 26.1 Å². The summed E-state index contributed by atoms with van der Waals surface area (Å²) in [5.74, 6) is 0.485. The van der Waals surface area contributed by atoms with E-state index in [1.54, 1.807) is 31.4 Å². The van der Waals surface area contributed by atoms with Gasteiger partial charge in [-0.25, -0.2) is 0 Å². The van der Waals surface area contributed by atoms with E-state index in [9.17, 15) is 4.79 Å². The molecule has 0 amide bonds. The number of carbonyl (C=O) groups excluding carboxylic acids is 1. The molecule has 0 aliphatic carbocycles. The molecule has 19 heavy (non-hydrogen) atoms. The minimum Gasteiger partial charge on any atom is -0.490 e. The zero-order chi connectivity index (χ0) is 13.7. The van der Waals surface area contributed by atoms with Gasteiger partial charge in [0.25, 0.3) is 0 Å². The second kappa shape index (κ2) is 6.70. The van der Waals surface area contributed by atoms with Crippen molar-refractivity contribution in [1.82, 2.24) is 0 Å². The van der Waals surface area contributed by atoms with Crippen molar-refractivity contribution in [1.29, 1.82) is 0 Å². The predicted molar refractivity (Wildman–Crippen MR) is 76.6 cm³/mol. The third-order valence-electron chi connectivity index (χ3n) is 2.47. The van der Waals surface area contributed by atoms with Gasteiger partial charge in [0.15, 0.2) is 0 Å². The lowest BCUT2D eigenvalue weighted by atomic mass is 10.1. The van der Waals surface area contributed by atoms with Crippen LogP contribution in [0.15, 0.2) is 36.4 Å². The molecule has 0 atom stereocenters. The predicted octanol–water partition coefficient (Wildman–Crippen LogP) is 3.66. The van der Waals surface area contributed by atoms with Crippen molar-refractivity contribution in [3.05, 3.63) is 51.2 Å². The molecule has 0 unspecified atom stereocenters. The molecule has 0 saturated carbocycles. The van der Waals surface area contributed by atoms with Gasteiger partial charge >= 0.3 is 0 Å². The van der Waals surface area contributed by atoms with Crippen LogP contribution in [0, 0.1) is 0 Å². The lowest BCUT2D eigenvalue weighted by molar-refractivity contribution is 0.103. The Hall–Kier alpha value is -1.36. The summed E-state index contributed by atoms with van der Waals surface area (Å²) in [7, 11) is 1.61. The van der Waals surface area contributed by atoms with Gasteiger partial charge in [-0.3, -0.25) is 4.79 Å². The summed E-state index contributed by atoms with van der Waals surface area (Å²) in [6.45, 7) is 0.888. The van der Waals surface area contributed by atoms with Crippen molar-refractivity contribution in [3.63, 3.8) is 0 Å². The van der Waals surface area contributed by atoms with Crippen molar-refractivity contribution < 1.29 is 14.3 Å². The number of para-hydroxylation sites is 1. The normalized spacial score (nSPS) is 10.4. The molecule has 0 fully saturated rings. The molecule has 0 spiro atoms. The quantitative estimate of drug-likeness (QED) is 0.603. The molecule has 0 aliphatic rings. The Morgan fingerprint density at radius 3 is 2.68 bits per heavy atom. The van der Waals surface area contributed by atoms with Crippen molar-refractivity contribution >= 4 is 28.7 Å². The summed E-state index contributed by atoms with van der Waals surface area (Å²) in [6, 6.07) is 10.6. The Bertz CT molecular complexity index is 565. The molecule has 0 saturated heterocycles. The van der Waals surface area contributed by atoms with E-state index in [1.165, 1.54) is 11.3 Å². The van der Waals surface area contributed by atoms with E-state index in [-0.39, 0.29) is 5.78 Å². The van der Waals surface area contributed by atoms with Gasteiger partial charge in [0, 0.05) is 7.11 Å². The zero-order valence-electron chi connectivity index (χ0n) is 10.4. The number of methoxy groups -OCH3 is 1. The Balaban J connectivity index is 2.21. The van der Waals surface area contributed by atoms with Crippen LogP contribution in [0.2, 0.25) is 4.34 Å². The summed E-state index contributed by atoms with van der Waals surface area (Å²) in [5.41, 5.74) is 0.539. The Morgan fingerprint density at radius 1 is 1.21 bits per heavy atom. The smallest absolute Gasteiger partial charge is 0.206 e.